The predicted molar refractivity (Wildman–Crippen MR) is 105 cm³/mol. The number of nitrogens with zero attached hydrogens (tertiary/aromatic N) is 2. The Labute approximate surface area is 154 Å². The van der Waals surface area contributed by atoms with E-state index in [0.29, 0.717) is 12.3 Å². The monoisotopic (exact) mass is 348 g/mol. The van der Waals surface area contributed by atoms with Gasteiger partial charge in [-0.05, 0) is 45.0 Å². The third-order valence-electron chi connectivity index (χ3n) is 5.30. The Kier molecular flexibility index (Phi) is 4.19. The minimum atomic E-state index is -0.00318. The second-order valence-electron chi connectivity index (χ2n) is 7.18. The maximum absolute atomic E-state index is 13.1. The first kappa shape index (κ1) is 16.7. The minimum absolute atomic E-state index is 0.00318. The molecule has 1 aliphatic rings. The first-order chi connectivity index (χ1) is 12.5. The van der Waals surface area contributed by atoms with Crippen molar-refractivity contribution in [2.75, 3.05) is 24.5 Å². The Bertz CT molecular complexity index is 945. The molecule has 4 rings (SSSR count). The van der Waals surface area contributed by atoms with Crippen LogP contribution in [0, 0.1) is 13.8 Å². The zero-order chi connectivity index (χ0) is 18.3. The highest BCUT2D eigenvalue weighted by Crippen LogP contribution is 2.28. The van der Waals surface area contributed by atoms with E-state index in [1.807, 2.05) is 30.0 Å². The van der Waals surface area contributed by atoms with Crippen molar-refractivity contribution >= 4 is 22.6 Å². The van der Waals surface area contributed by atoms with E-state index in [9.17, 15) is 4.79 Å². The average molecular weight is 348 g/mol. The zero-order valence-electron chi connectivity index (χ0n) is 15.5. The molecule has 3 aromatic rings. The number of hydrogen-bond donors (Lipinski definition) is 0. The molecule has 0 N–H and O–H groups in total. The van der Waals surface area contributed by atoms with Gasteiger partial charge in [0.2, 0.25) is 0 Å². The van der Waals surface area contributed by atoms with Gasteiger partial charge in [-0.1, -0.05) is 29.8 Å². The lowest BCUT2D eigenvalue weighted by Gasteiger charge is -2.40. The van der Waals surface area contributed by atoms with Gasteiger partial charge in [-0.3, -0.25) is 4.79 Å². The topological polar surface area (TPSA) is 36.7 Å². The van der Waals surface area contributed by atoms with Gasteiger partial charge in [0.15, 0.2) is 5.76 Å². The summed E-state index contributed by atoms with van der Waals surface area (Å²) in [7, 11) is 0. The second kappa shape index (κ2) is 6.52. The molecule has 4 heteroatoms. The first-order valence-electron chi connectivity index (χ1n) is 9.15. The van der Waals surface area contributed by atoms with Crippen LogP contribution in [0.5, 0.6) is 0 Å². The largest absolute Gasteiger partial charge is 0.451 e. The molecule has 2 aromatic carbocycles. The lowest BCUT2D eigenvalue weighted by molar-refractivity contribution is 0.0643. The highest BCUT2D eigenvalue weighted by Gasteiger charge is 2.31. The van der Waals surface area contributed by atoms with Crippen molar-refractivity contribution in [3.05, 3.63) is 65.4 Å². The van der Waals surface area contributed by atoms with E-state index in [1.54, 1.807) is 0 Å². The molecule has 0 spiro atoms. The van der Waals surface area contributed by atoms with Crippen molar-refractivity contribution in [1.82, 2.24) is 4.90 Å². The molecule has 26 heavy (non-hydrogen) atoms. The third-order valence-corrected chi connectivity index (χ3v) is 5.30. The number of fused-ring (bicyclic) bond motifs is 1. The standard InChI is InChI=1S/C22H24N2O2/c1-15-9-10-20-19(13-15)17(3)21(26-20)22(25)24-12-11-23(14-16(24)2)18-7-5-4-6-8-18/h4-10,13,16H,11-12,14H2,1-3H3. The van der Waals surface area contributed by atoms with Crippen LogP contribution >= 0.6 is 0 Å². The number of anilines is 1. The number of carbonyl (C=O) groups is 1. The predicted octanol–water partition coefficient (Wildman–Crippen LogP) is 4.40. The van der Waals surface area contributed by atoms with E-state index in [0.717, 1.165) is 29.6 Å². The Morgan fingerprint density at radius 2 is 1.85 bits per heavy atom. The summed E-state index contributed by atoms with van der Waals surface area (Å²) < 4.78 is 5.92. The van der Waals surface area contributed by atoms with Crippen LogP contribution in [-0.4, -0.2) is 36.5 Å². The fourth-order valence-electron chi connectivity index (χ4n) is 3.80. The van der Waals surface area contributed by atoms with Gasteiger partial charge >= 0.3 is 0 Å². The van der Waals surface area contributed by atoms with Crippen LogP contribution in [0.3, 0.4) is 0 Å². The van der Waals surface area contributed by atoms with Crippen LogP contribution < -0.4 is 4.90 Å². The maximum atomic E-state index is 13.1. The van der Waals surface area contributed by atoms with Crippen LogP contribution in [0.4, 0.5) is 5.69 Å². The van der Waals surface area contributed by atoms with E-state index in [2.05, 4.69) is 49.1 Å². The molecule has 0 aliphatic carbocycles. The highest BCUT2D eigenvalue weighted by molar-refractivity contribution is 5.99. The summed E-state index contributed by atoms with van der Waals surface area (Å²) in [5, 5.41) is 1.03. The molecule has 0 saturated carbocycles. The third kappa shape index (κ3) is 2.85. The molecule has 1 aromatic heterocycles. The van der Waals surface area contributed by atoms with E-state index in [4.69, 9.17) is 4.42 Å². The van der Waals surface area contributed by atoms with Crippen molar-refractivity contribution in [3.63, 3.8) is 0 Å². The molecule has 1 atom stereocenters. The van der Waals surface area contributed by atoms with E-state index in [-0.39, 0.29) is 11.9 Å². The van der Waals surface area contributed by atoms with Crippen LogP contribution in [-0.2, 0) is 0 Å². The second-order valence-corrected chi connectivity index (χ2v) is 7.18. The number of furan rings is 1. The average Bonchev–Trinajstić information content (AvgIpc) is 2.98. The lowest BCUT2D eigenvalue weighted by atomic mass is 10.1. The molecule has 0 radical (unpaired) electrons. The molecule has 1 aliphatic heterocycles. The van der Waals surface area contributed by atoms with Gasteiger partial charge in [-0.15, -0.1) is 0 Å². The Morgan fingerprint density at radius 1 is 1.08 bits per heavy atom. The smallest absolute Gasteiger partial charge is 0.290 e. The van der Waals surface area contributed by atoms with Gasteiger partial charge < -0.3 is 14.2 Å². The van der Waals surface area contributed by atoms with Crippen LogP contribution in [0.25, 0.3) is 11.0 Å². The zero-order valence-corrected chi connectivity index (χ0v) is 15.5. The van der Waals surface area contributed by atoms with Gasteiger partial charge in [0, 0.05) is 42.3 Å². The summed E-state index contributed by atoms with van der Waals surface area (Å²) in [4.78, 5) is 17.4. The number of benzene rings is 2. The highest BCUT2D eigenvalue weighted by atomic mass is 16.3. The Morgan fingerprint density at radius 3 is 2.58 bits per heavy atom. The van der Waals surface area contributed by atoms with Crippen molar-refractivity contribution in [2.45, 2.75) is 26.8 Å². The normalized spacial score (nSPS) is 17.7. The van der Waals surface area contributed by atoms with Crippen LogP contribution in [0.15, 0.2) is 52.9 Å². The number of hydrogen-bond acceptors (Lipinski definition) is 3. The van der Waals surface area contributed by atoms with E-state index in [1.165, 1.54) is 11.3 Å². The Balaban J connectivity index is 1.57. The van der Waals surface area contributed by atoms with Crippen molar-refractivity contribution in [2.24, 2.45) is 0 Å². The van der Waals surface area contributed by atoms with Gasteiger partial charge in [-0.25, -0.2) is 0 Å². The van der Waals surface area contributed by atoms with Crippen molar-refractivity contribution < 1.29 is 9.21 Å². The molecule has 1 amide bonds. The maximum Gasteiger partial charge on any atom is 0.290 e. The van der Waals surface area contributed by atoms with Crippen LogP contribution in [0.2, 0.25) is 0 Å². The molecule has 134 valence electrons. The fraction of sp³-hybridized carbons (Fsp3) is 0.318. The van der Waals surface area contributed by atoms with Crippen LogP contribution in [0.1, 0.15) is 28.6 Å². The molecular formula is C22H24N2O2. The molecule has 1 unspecified atom stereocenters. The van der Waals surface area contributed by atoms with Crippen molar-refractivity contribution in [1.29, 1.82) is 0 Å². The first-order valence-corrected chi connectivity index (χ1v) is 9.15. The Hall–Kier alpha value is -2.75. The van der Waals surface area contributed by atoms with E-state index < -0.39 is 0 Å². The number of amides is 1. The molecule has 1 fully saturated rings. The summed E-state index contributed by atoms with van der Waals surface area (Å²) in [5.74, 6) is 0.474. The quantitative estimate of drug-likeness (QED) is 0.689. The summed E-state index contributed by atoms with van der Waals surface area (Å²) in [6, 6.07) is 16.6. The number of carbonyl (C=O) groups excluding carboxylic acids is 1. The number of piperazine rings is 1. The van der Waals surface area contributed by atoms with E-state index >= 15 is 0 Å². The summed E-state index contributed by atoms with van der Waals surface area (Å²) in [6.45, 7) is 8.49. The summed E-state index contributed by atoms with van der Waals surface area (Å²) in [5.41, 5.74) is 4.10. The summed E-state index contributed by atoms with van der Waals surface area (Å²) >= 11 is 0. The summed E-state index contributed by atoms with van der Waals surface area (Å²) in [6.07, 6.45) is 0. The molecule has 0 bridgehead atoms. The van der Waals surface area contributed by atoms with Gasteiger partial charge in [0.1, 0.15) is 5.58 Å². The molecular weight excluding hydrogens is 324 g/mol. The molecule has 4 nitrogen and oxygen atoms in total. The van der Waals surface area contributed by atoms with Gasteiger partial charge in [-0.2, -0.15) is 0 Å². The van der Waals surface area contributed by atoms with Gasteiger partial charge in [0.05, 0.1) is 0 Å². The number of para-hydroxylation sites is 1. The number of rotatable bonds is 2. The fourth-order valence-corrected chi connectivity index (χ4v) is 3.80. The molecule has 1 saturated heterocycles. The SMILES string of the molecule is Cc1ccc2oc(C(=O)N3CCN(c4ccccc4)CC3C)c(C)c2c1. The lowest BCUT2D eigenvalue weighted by Crippen LogP contribution is -2.54. The number of aryl methyl sites for hydroxylation is 2. The minimum Gasteiger partial charge on any atom is -0.451 e. The van der Waals surface area contributed by atoms with Crippen molar-refractivity contribution in [3.8, 4) is 0 Å². The molecule has 2 heterocycles. The van der Waals surface area contributed by atoms with Gasteiger partial charge in [0.25, 0.3) is 5.91 Å².